The van der Waals surface area contributed by atoms with Gasteiger partial charge >= 0.3 is 0 Å². The second kappa shape index (κ2) is 7.88. The Labute approximate surface area is 124 Å². The minimum Gasteiger partial charge on any atom is -0.387 e. The molecule has 4 heteroatoms. The van der Waals surface area contributed by atoms with Crippen molar-refractivity contribution >= 4 is 0 Å². The van der Waals surface area contributed by atoms with E-state index in [1.807, 2.05) is 30.3 Å². The Hall–Kier alpha value is -1.75. The molecular formula is C17H20FNO2. The van der Waals surface area contributed by atoms with Gasteiger partial charge < -0.3 is 15.2 Å². The average Bonchev–Trinajstić information content (AvgIpc) is 2.52. The Kier molecular flexibility index (Phi) is 5.87. The van der Waals surface area contributed by atoms with Crippen LogP contribution in [0, 0.1) is 5.82 Å². The van der Waals surface area contributed by atoms with Gasteiger partial charge in [0.25, 0.3) is 0 Å². The highest BCUT2D eigenvalue weighted by molar-refractivity contribution is 5.21. The molecule has 0 saturated carbocycles. The molecule has 21 heavy (non-hydrogen) atoms. The van der Waals surface area contributed by atoms with E-state index in [-0.39, 0.29) is 12.6 Å². The van der Waals surface area contributed by atoms with Crippen LogP contribution >= 0.6 is 0 Å². The van der Waals surface area contributed by atoms with E-state index in [0.717, 1.165) is 5.56 Å². The summed E-state index contributed by atoms with van der Waals surface area (Å²) >= 11 is 0. The van der Waals surface area contributed by atoms with E-state index in [9.17, 15) is 9.50 Å². The Morgan fingerprint density at radius 2 is 1.76 bits per heavy atom. The third-order valence-electron chi connectivity index (χ3n) is 3.36. The number of aliphatic hydroxyl groups is 1. The minimum atomic E-state index is -0.894. The fourth-order valence-electron chi connectivity index (χ4n) is 2.23. The van der Waals surface area contributed by atoms with Gasteiger partial charge in [0.15, 0.2) is 0 Å². The van der Waals surface area contributed by atoms with E-state index in [4.69, 9.17) is 4.74 Å². The van der Waals surface area contributed by atoms with Crippen LogP contribution in [-0.4, -0.2) is 25.4 Å². The maximum Gasteiger partial charge on any atom is 0.129 e. The van der Waals surface area contributed by atoms with Gasteiger partial charge in [-0.15, -0.1) is 0 Å². The van der Waals surface area contributed by atoms with Crippen molar-refractivity contribution < 1.29 is 14.2 Å². The largest absolute Gasteiger partial charge is 0.387 e. The van der Waals surface area contributed by atoms with E-state index < -0.39 is 11.9 Å². The number of aliphatic hydroxyl groups excluding tert-OH is 1. The Bertz CT molecular complexity index is 547. The van der Waals surface area contributed by atoms with Gasteiger partial charge in [0.05, 0.1) is 18.8 Å². The Morgan fingerprint density at radius 3 is 2.43 bits per heavy atom. The molecule has 0 fully saturated rings. The van der Waals surface area contributed by atoms with Crippen LogP contribution in [0.3, 0.4) is 0 Å². The number of rotatable bonds is 7. The van der Waals surface area contributed by atoms with Crippen molar-refractivity contribution in [1.29, 1.82) is 0 Å². The lowest BCUT2D eigenvalue weighted by atomic mass is 10.1. The Balaban J connectivity index is 2.00. The monoisotopic (exact) mass is 289 g/mol. The number of ether oxygens (including phenoxy) is 1. The van der Waals surface area contributed by atoms with Gasteiger partial charge in [0.2, 0.25) is 0 Å². The van der Waals surface area contributed by atoms with Gasteiger partial charge in [-0.2, -0.15) is 0 Å². The quantitative estimate of drug-likeness (QED) is 0.823. The molecule has 2 unspecified atom stereocenters. The number of benzene rings is 2. The van der Waals surface area contributed by atoms with Crippen molar-refractivity contribution in [1.82, 2.24) is 5.32 Å². The summed E-state index contributed by atoms with van der Waals surface area (Å²) in [7, 11) is 1.63. The molecule has 0 saturated heterocycles. The van der Waals surface area contributed by atoms with Gasteiger partial charge in [-0.1, -0.05) is 48.5 Å². The van der Waals surface area contributed by atoms with Crippen molar-refractivity contribution in [2.75, 3.05) is 20.3 Å². The predicted octanol–water partition coefficient (Wildman–Crippen LogP) is 2.84. The van der Waals surface area contributed by atoms with E-state index in [1.165, 1.54) is 6.07 Å². The molecule has 0 aliphatic rings. The molecule has 0 aliphatic heterocycles. The molecule has 0 spiro atoms. The second-order valence-corrected chi connectivity index (χ2v) is 4.86. The van der Waals surface area contributed by atoms with E-state index in [2.05, 4.69) is 5.32 Å². The van der Waals surface area contributed by atoms with Crippen LogP contribution in [0.2, 0.25) is 0 Å². The van der Waals surface area contributed by atoms with Crippen molar-refractivity contribution in [3.8, 4) is 0 Å². The lowest BCUT2D eigenvalue weighted by Gasteiger charge is -2.21. The van der Waals surface area contributed by atoms with Gasteiger partial charge in [0, 0.05) is 19.2 Å². The molecule has 3 nitrogen and oxygen atoms in total. The van der Waals surface area contributed by atoms with E-state index in [1.54, 1.807) is 25.3 Å². The summed E-state index contributed by atoms with van der Waals surface area (Å²) in [5.41, 5.74) is 1.37. The highest BCUT2D eigenvalue weighted by atomic mass is 19.1. The van der Waals surface area contributed by atoms with Crippen molar-refractivity contribution in [2.24, 2.45) is 0 Å². The summed E-state index contributed by atoms with van der Waals surface area (Å²) in [6.07, 6.45) is -0.894. The maximum absolute atomic E-state index is 13.6. The first-order valence-corrected chi connectivity index (χ1v) is 6.92. The summed E-state index contributed by atoms with van der Waals surface area (Å²) < 4.78 is 18.8. The minimum absolute atomic E-state index is 0.0439. The number of methoxy groups -OCH3 is 1. The number of hydrogen-bond donors (Lipinski definition) is 2. The van der Waals surface area contributed by atoms with Gasteiger partial charge in [-0.05, 0) is 11.6 Å². The van der Waals surface area contributed by atoms with Crippen molar-refractivity contribution in [2.45, 2.75) is 12.1 Å². The van der Waals surface area contributed by atoms with E-state index in [0.29, 0.717) is 12.2 Å². The first kappa shape index (κ1) is 15.6. The van der Waals surface area contributed by atoms with Crippen LogP contribution in [0.4, 0.5) is 4.39 Å². The summed E-state index contributed by atoms with van der Waals surface area (Å²) in [5.74, 6) is -0.394. The molecule has 112 valence electrons. The molecule has 0 amide bonds. The van der Waals surface area contributed by atoms with E-state index >= 15 is 0 Å². The van der Waals surface area contributed by atoms with Crippen LogP contribution in [0.25, 0.3) is 0 Å². The SMILES string of the molecule is COCC(NCC(O)c1ccccc1F)c1ccccc1. The molecule has 2 aromatic carbocycles. The maximum atomic E-state index is 13.6. The molecular weight excluding hydrogens is 269 g/mol. The second-order valence-electron chi connectivity index (χ2n) is 4.86. The summed E-state index contributed by atoms with van der Waals surface area (Å²) in [6.45, 7) is 0.734. The van der Waals surface area contributed by atoms with Crippen LogP contribution in [0.15, 0.2) is 54.6 Å². The third kappa shape index (κ3) is 4.36. The van der Waals surface area contributed by atoms with Gasteiger partial charge in [-0.25, -0.2) is 4.39 Å². The molecule has 0 heterocycles. The first-order valence-electron chi connectivity index (χ1n) is 6.92. The van der Waals surface area contributed by atoms with Crippen LogP contribution < -0.4 is 5.32 Å². The number of halogens is 1. The van der Waals surface area contributed by atoms with Crippen molar-refractivity contribution in [3.63, 3.8) is 0 Å². The summed E-state index contributed by atoms with van der Waals surface area (Å²) in [6, 6.07) is 16.1. The molecule has 0 aromatic heterocycles. The number of hydrogen-bond acceptors (Lipinski definition) is 3. The van der Waals surface area contributed by atoms with Crippen LogP contribution in [-0.2, 0) is 4.74 Å². The fraction of sp³-hybridized carbons (Fsp3) is 0.294. The average molecular weight is 289 g/mol. The summed E-state index contributed by atoms with van der Waals surface area (Å²) in [5, 5.41) is 13.3. The highest BCUT2D eigenvalue weighted by Gasteiger charge is 2.16. The Morgan fingerprint density at radius 1 is 1.10 bits per heavy atom. The lowest BCUT2D eigenvalue weighted by molar-refractivity contribution is 0.137. The predicted molar refractivity (Wildman–Crippen MR) is 80.4 cm³/mol. The molecule has 2 aromatic rings. The molecule has 0 bridgehead atoms. The summed E-state index contributed by atoms with van der Waals surface area (Å²) in [4.78, 5) is 0. The fourth-order valence-corrected chi connectivity index (χ4v) is 2.23. The molecule has 2 N–H and O–H groups in total. The topological polar surface area (TPSA) is 41.5 Å². The molecule has 2 atom stereocenters. The van der Waals surface area contributed by atoms with Crippen molar-refractivity contribution in [3.05, 3.63) is 71.5 Å². The molecule has 0 radical (unpaired) electrons. The zero-order valence-corrected chi connectivity index (χ0v) is 12.0. The number of nitrogens with one attached hydrogen (secondary N) is 1. The first-order chi connectivity index (χ1) is 10.2. The zero-order chi connectivity index (χ0) is 15.1. The highest BCUT2D eigenvalue weighted by Crippen LogP contribution is 2.18. The standard InChI is InChI=1S/C17H20FNO2/c1-21-12-16(13-7-3-2-4-8-13)19-11-17(20)14-9-5-6-10-15(14)18/h2-10,16-17,19-20H,11-12H2,1H3. The van der Waals surface area contributed by atoms with Gasteiger partial charge in [0.1, 0.15) is 5.82 Å². The third-order valence-corrected chi connectivity index (χ3v) is 3.36. The normalized spacial score (nSPS) is 13.9. The zero-order valence-electron chi connectivity index (χ0n) is 12.0. The van der Waals surface area contributed by atoms with Crippen LogP contribution in [0.5, 0.6) is 0 Å². The smallest absolute Gasteiger partial charge is 0.129 e. The molecule has 2 rings (SSSR count). The van der Waals surface area contributed by atoms with Gasteiger partial charge in [-0.3, -0.25) is 0 Å². The van der Waals surface area contributed by atoms with Crippen LogP contribution in [0.1, 0.15) is 23.3 Å². The molecule has 0 aliphatic carbocycles. The lowest BCUT2D eigenvalue weighted by Crippen LogP contribution is -2.29.